The second-order valence-electron chi connectivity index (χ2n) is 10.1. The van der Waals surface area contributed by atoms with E-state index < -0.39 is 11.0 Å². The summed E-state index contributed by atoms with van der Waals surface area (Å²) < 4.78 is 0. The average Bonchev–Trinajstić information content (AvgIpc) is 2.77. The standard InChI is InChI=1S/C21H33ClO3/c1-12(23)21(25)18(22)11-17-15-5-4-13-10-14(24)6-8-19(13,2)16(15)7-9-20(17,21)3/h13-18,24-25H,4-11H2,1-3H3/t13-,14+,15+,16-,17-,18-,19-,20-,21+/m0/s1. The number of rotatable bonds is 1. The number of carbonyl (C=O) groups excluding carboxylic acids is 1. The lowest BCUT2D eigenvalue weighted by molar-refractivity contribution is -0.170. The van der Waals surface area contributed by atoms with E-state index in [2.05, 4.69) is 13.8 Å². The summed E-state index contributed by atoms with van der Waals surface area (Å²) in [5.74, 6) is 2.02. The van der Waals surface area contributed by atoms with Gasteiger partial charge in [0, 0.05) is 5.41 Å². The maximum atomic E-state index is 12.4. The van der Waals surface area contributed by atoms with Crippen molar-refractivity contribution < 1.29 is 15.0 Å². The average molecular weight is 369 g/mol. The third-order valence-electron chi connectivity index (χ3n) is 9.35. The zero-order valence-electron chi connectivity index (χ0n) is 15.8. The minimum atomic E-state index is -1.37. The SMILES string of the molecule is CC(=O)[C@@]1(O)[C@@H](Cl)C[C@H]2[C@@H]3CC[C@H]4C[C@H](O)CC[C@]4(C)[C@H]3CC[C@@]21C. The molecule has 0 spiro atoms. The maximum absolute atomic E-state index is 12.4. The van der Waals surface area contributed by atoms with E-state index in [1.807, 2.05) is 0 Å². The Labute approximate surface area is 156 Å². The van der Waals surface area contributed by atoms with Crippen LogP contribution in [0.1, 0.15) is 72.1 Å². The third-order valence-corrected chi connectivity index (χ3v) is 9.84. The zero-order valence-corrected chi connectivity index (χ0v) is 16.6. The fourth-order valence-electron chi connectivity index (χ4n) is 7.84. The van der Waals surface area contributed by atoms with E-state index in [1.54, 1.807) is 0 Å². The van der Waals surface area contributed by atoms with Gasteiger partial charge in [-0.15, -0.1) is 11.6 Å². The van der Waals surface area contributed by atoms with Crippen LogP contribution in [0, 0.1) is 34.5 Å². The Kier molecular flexibility index (Phi) is 4.15. The molecule has 0 aromatic heterocycles. The normalized spacial score (nSPS) is 58.2. The van der Waals surface area contributed by atoms with E-state index in [9.17, 15) is 15.0 Å². The monoisotopic (exact) mass is 368 g/mol. The van der Waals surface area contributed by atoms with E-state index in [1.165, 1.54) is 13.3 Å². The maximum Gasteiger partial charge on any atom is 0.163 e. The van der Waals surface area contributed by atoms with Gasteiger partial charge in [0.25, 0.3) is 0 Å². The predicted molar refractivity (Wildman–Crippen MR) is 98.4 cm³/mol. The highest BCUT2D eigenvalue weighted by atomic mass is 35.5. The number of ketones is 1. The lowest BCUT2D eigenvalue weighted by atomic mass is 9.44. The summed E-state index contributed by atoms with van der Waals surface area (Å²) >= 11 is 6.60. The summed E-state index contributed by atoms with van der Waals surface area (Å²) in [5.41, 5.74) is -1.45. The largest absolute Gasteiger partial charge is 0.393 e. The van der Waals surface area contributed by atoms with Gasteiger partial charge in [-0.1, -0.05) is 13.8 Å². The first-order chi connectivity index (χ1) is 11.6. The lowest BCUT2D eigenvalue weighted by Gasteiger charge is -2.61. The Balaban J connectivity index is 1.67. The van der Waals surface area contributed by atoms with Crippen LogP contribution in [0.4, 0.5) is 0 Å². The number of aliphatic hydroxyl groups is 2. The molecule has 4 fully saturated rings. The van der Waals surface area contributed by atoms with E-state index in [0.29, 0.717) is 29.1 Å². The molecule has 142 valence electrons. The molecule has 9 atom stereocenters. The topological polar surface area (TPSA) is 57.5 Å². The molecule has 0 unspecified atom stereocenters. The van der Waals surface area contributed by atoms with Crippen molar-refractivity contribution in [1.82, 2.24) is 0 Å². The summed E-state index contributed by atoms with van der Waals surface area (Å²) in [5, 5.41) is 21.0. The highest BCUT2D eigenvalue weighted by Crippen LogP contribution is 2.68. The number of fused-ring (bicyclic) bond motifs is 5. The summed E-state index contributed by atoms with van der Waals surface area (Å²) in [7, 11) is 0. The zero-order chi connectivity index (χ0) is 18.2. The number of Topliss-reactive ketones (excluding diaryl/α,β-unsaturated/α-hetero) is 1. The van der Waals surface area contributed by atoms with Crippen molar-refractivity contribution in [3.63, 3.8) is 0 Å². The van der Waals surface area contributed by atoms with Gasteiger partial charge >= 0.3 is 0 Å². The predicted octanol–water partition coefficient (Wildman–Crippen LogP) is 3.93. The summed E-state index contributed by atoms with van der Waals surface area (Å²) in [6, 6.07) is 0. The van der Waals surface area contributed by atoms with Crippen LogP contribution in [0.3, 0.4) is 0 Å². The van der Waals surface area contributed by atoms with Gasteiger partial charge in [0.2, 0.25) is 0 Å². The molecule has 0 bridgehead atoms. The Morgan fingerprint density at radius 1 is 1.04 bits per heavy atom. The number of aliphatic hydroxyl groups excluding tert-OH is 1. The Hall–Kier alpha value is -0.120. The van der Waals surface area contributed by atoms with Crippen LogP contribution >= 0.6 is 11.6 Å². The van der Waals surface area contributed by atoms with Crippen molar-refractivity contribution in [3.05, 3.63) is 0 Å². The minimum Gasteiger partial charge on any atom is -0.393 e. The molecule has 2 N–H and O–H groups in total. The van der Waals surface area contributed by atoms with E-state index in [4.69, 9.17) is 11.6 Å². The van der Waals surface area contributed by atoms with Crippen molar-refractivity contribution in [2.24, 2.45) is 34.5 Å². The molecule has 0 saturated heterocycles. The molecule has 4 aliphatic rings. The molecule has 4 aliphatic carbocycles. The number of alkyl halides is 1. The van der Waals surface area contributed by atoms with Crippen molar-refractivity contribution in [3.8, 4) is 0 Å². The molecule has 25 heavy (non-hydrogen) atoms. The summed E-state index contributed by atoms with van der Waals surface area (Å²) in [4.78, 5) is 12.4. The Morgan fingerprint density at radius 2 is 1.76 bits per heavy atom. The quantitative estimate of drug-likeness (QED) is 0.689. The first kappa shape index (κ1) is 18.3. The van der Waals surface area contributed by atoms with Gasteiger partial charge in [0.05, 0.1) is 11.5 Å². The Bertz CT molecular complexity index is 579. The van der Waals surface area contributed by atoms with Gasteiger partial charge in [-0.2, -0.15) is 0 Å². The van der Waals surface area contributed by atoms with Crippen molar-refractivity contribution in [2.75, 3.05) is 0 Å². The highest BCUT2D eigenvalue weighted by Gasteiger charge is 2.69. The van der Waals surface area contributed by atoms with Crippen LogP contribution in [0.25, 0.3) is 0 Å². The molecule has 4 heteroatoms. The van der Waals surface area contributed by atoms with E-state index >= 15 is 0 Å². The van der Waals surface area contributed by atoms with Crippen molar-refractivity contribution in [1.29, 1.82) is 0 Å². The molecule has 4 rings (SSSR count). The second kappa shape index (κ2) is 5.69. The molecular weight excluding hydrogens is 336 g/mol. The molecule has 4 saturated carbocycles. The number of carbonyl (C=O) groups is 1. The van der Waals surface area contributed by atoms with Gasteiger partial charge in [-0.25, -0.2) is 0 Å². The smallest absolute Gasteiger partial charge is 0.163 e. The fraction of sp³-hybridized carbons (Fsp3) is 0.952. The van der Waals surface area contributed by atoms with E-state index in [-0.39, 0.29) is 17.3 Å². The molecule has 3 nitrogen and oxygen atoms in total. The van der Waals surface area contributed by atoms with Crippen LogP contribution < -0.4 is 0 Å². The van der Waals surface area contributed by atoms with Crippen molar-refractivity contribution in [2.45, 2.75) is 89.2 Å². The fourth-order valence-corrected chi connectivity index (χ4v) is 8.43. The van der Waals surface area contributed by atoms with Crippen LogP contribution in [0.5, 0.6) is 0 Å². The summed E-state index contributed by atoms with van der Waals surface area (Å²) in [6.45, 7) is 6.08. The van der Waals surface area contributed by atoms with Gasteiger partial charge in [-0.3, -0.25) is 4.79 Å². The first-order valence-corrected chi connectivity index (χ1v) is 10.6. The van der Waals surface area contributed by atoms with Crippen molar-refractivity contribution >= 4 is 17.4 Å². The molecule has 0 aromatic rings. The van der Waals surface area contributed by atoms with Gasteiger partial charge in [0.1, 0.15) is 5.60 Å². The van der Waals surface area contributed by atoms with Gasteiger partial charge in [0.15, 0.2) is 5.78 Å². The molecule has 0 aliphatic heterocycles. The number of halogens is 1. The molecule has 0 heterocycles. The first-order valence-electron chi connectivity index (χ1n) is 10.2. The van der Waals surface area contributed by atoms with Crippen LogP contribution in [-0.2, 0) is 4.79 Å². The third kappa shape index (κ3) is 2.21. The molecule has 0 radical (unpaired) electrons. The number of hydrogen-bond acceptors (Lipinski definition) is 3. The molecular formula is C21H33ClO3. The minimum absolute atomic E-state index is 0.120. The Morgan fingerprint density at radius 3 is 2.44 bits per heavy atom. The van der Waals surface area contributed by atoms with Crippen LogP contribution in [-0.4, -0.2) is 33.1 Å². The van der Waals surface area contributed by atoms with Gasteiger partial charge < -0.3 is 10.2 Å². The highest BCUT2D eigenvalue weighted by molar-refractivity contribution is 6.24. The second-order valence-corrected chi connectivity index (χ2v) is 10.6. The summed E-state index contributed by atoms with van der Waals surface area (Å²) in [6.07, 6.45) is 7.95. The number of hydrogen-bond donors (Lipinski definition) is 2. The van der Waals surface area contributed by atoms with E-state index in [0.717, 1.165) is 44.9 Å². The van der Waals surface area contributed by atoms with Crippen LogP contribution in [0.15, 0.2) is 0 Å². The van der Waals surface area contributed by atoms with Crippen LogP contribution in [0.2, 0.25) is 0 Å². The molecule has 0 amide bonds. The van der Waals surface area contributed by atoms with Gasteiger partial charge in [-0.05, 0) is 87.4 Å². The lowest BCUT2D eigenvalue weighted by Crippen LogP contribution is -2.60. The molecule has 0 aromatic carbocycles.